The Kier molecular flexibility index (Phi) is 4.65. The smallest absolute Gasteiger partial charge is 0.359 e. The van der Waals surface area contributed by atoms with E-state index in [1.807, 2.05) is 0 Å². The Labute approximate surface area is 86.0 Å². The first-order valence-electron chi connectivity index (χ1n) is 3.40. The molecule has 6 nitrogen and oxygen atoms in total. The molecule has 0 saturated heterocycles. The van der Waals surface area contributed by atoms with Crippen molar-refractivity contribution in [3.05, 3.63) is 17.7 Å². The predicted molar refractivity (Wildman–Crippen MR) is 48.5 cm³/mol. The fourth-order valence-electron chi connectivity index (χ4n) is 0.803. The number of aromatic amines is 1. The maximum atomic E-state index is 11.0. The molecule has 0 aliphatic rings. The number of methoxy groups -OCH3 is 2. The minimum absolute atomic E-state index is 0. The minimum Gasteiger partial charge on any atom is -0.464 e. The molecule has 0 radical (unpaired) electrons. The van der Waals surface area contributed by atoms with Gasteiger partial charge in [-0.3, -0.25) is 0 Å². The second-order valence-electron chi connectivity index (χ2n) is 2.11. The quantitative estimate of drug-likeness (QED) is 0.730. The van der Waals surface area contributed by atoms with E-state index in [-0.39, 0.29) is 23.8 Å². The van der Waals surface area contributed by atoms with Crippen molar-refractivity contribution < 1.29 is 19.1 Å². The molecule has 1 heterocycles. The number of H-pyrrole nitrogens is 1. The summed E-state index contributed by atoms with van der Waals surface area (Å²) in [4.78, 5) is 28.1. The van der Waals surface area contributed by atoms with Gasteiger partial charge in [-0.15, -0.1) is 12.4 Å². The fraction of sp³-hybridized carbons (Fsp3) is 0.286. The number of imidazole rings is 1. The molecule has 0 fully saturated rings. The molecule has 1 N–H and O–H groups in total. The Morgan fingerprint density at radius 1 is 1.29 bits per heavy atom. The second kappa shape index (κ2) is 5.23. The summed E-state index contributed by atoms with van der Waals surface area (Å²) in [7, 11) is 2.42. The van der Waals surface area contributed by atoms with Gasteiger partial charge in [0.15, 0.2) is 11.4 Å². The average Bonchev–Trinajstić information content (AvgIpc) is 2.63. The number of aromatic nitrogens is 2. The molecular weight excluding hydrogens is 212 g/mol. The normalized spacial score (nSPS) is 8.71. The van der Waals surface area contributed by atoms with Crippen LogP contribution in [0.3, 0.4) is 0 Å². The summed E-state index contributed by atoms with van der Waals surface area (Å²) in [6.45, 7) is 0. The highest BCUT2D eigenvalue weighted by atomic mass is 35.5. The van der Waals surface area contributed by atoms with E-state index in [1.165, 1.54) is 20.5 Å². The molecule has 1 aromatic rings. The van der Waals surface area contributed by atoms with Gasteiger partial charge in [-0.25, -0.2) is 14.6 Å². The third-order valence-corrected chi connectivity index (χ3v) is 1.41. The Bertz CT molecular complexity index is 306. The van der Waals surface area contributed by atoms with Gasteiger partial charge in [0.1, 0.15) is 0 Å². The molecule has 7 heteroatoms. The maximum Gasteiger partial charge on any atom is 0.359 e. The number of esters is 2. The zero-order chi connectivity index (χ0) is 9.84. The summed E-state index contributed by atoms with van der Waals surface area (Å²) in [6, 6.07) is 0. The van der Waals surface area contributed by atoms with Crippen LogP contribution < -0.4 is 0 Å². The van der Waals surface area contributed by atoms with Gasteiger partial charge in [-0.05, 0) is 0 Å². The second-order valence-corrected chi connectivity index (χ2v) is 2.11. The van der Waals surface area contributed by atoms with Crippen molar-refractivity contribution in [2.24, 2.45) is 0 Å². The molecule has 0 amide bonds. The van der Waals surface area contributed by atoms with E-state index in [0.29, 0.717) is 0 Å². The van der Waals surface area contributed by atoms with Gasteiger partial charge in [0, 0.05) is 0 Å². The first kappa shape index (κ1) is 12.4. The van der Waals surface area contributed by atoms with Crippen LogP contribution in [0.2, 0.25) is 0 Å². The molecule has 0 aliphatic heterocycles. The molecule has 78 valence electrons. The van der Waals surface area contributed by atoms with Crippen LogP contribution in [0.25, 0.3) is 0 Å². The van der Waals surface area contributed by atoms with Crippen LogP contribution in [0.4, 0.5) is 0 Å². The highest BCUT2D eigenvalue weighted by Gasteiger charge is 2.20. The molecule has 0 unspecified atom stereocenters. The van der Waals surface area contributed by atoms with Crippen molar-refractivity contribution in [2.45, 2.75) is 0 Å². The van der Waals surface area contributed by atoms with Crippen molar-refractivity contribution in [1.82, 2.24) is 9.97 Å². The van der Waals surface area contributed by atoms with E-state index in [2.05, 4.69) is 19.4 Å². The summed E-state index contributed by atoms with van der Waals surface area (Å²) >= 11 is 0. The predicted octanol–water partition coefficient (Wildman–Crippen LogP) is 0.405. The summed E-state index contributed by atoms with van der Waals surface area (Å²) in [6.07, 6.45) is 1.22. The average molecular weight is 221 g/mol. The summed E-state index contributed by atoms with van der Waals surface area (Å²) in [5, 5.41) is 0. The molecule has 0 spiro atoms. The summed E-state index contributed by atoms with van der Waals surface area (Å²) in [5.74, 6) is -1.33. The lowest BCUT2D eigenvalue weighted by molar-refractivity contribution is 0.0548. The van der Waals surface area contributed by atoms with Crippen LogP contribution in [-0.4, -0.2) is 36.1 Å². The summed E-state index contributed by atoms with van der Waals surface area (Å²) < 4.78 is 8.81. The lowest BCUT2D eigenvalue weighted by atomic mass is 10.3. The van der Waals surface area contributed by atoms with Gasteiger partial charge in [0.05, 0.1) is 20.5 Å². The lowest BCUT2D eigenvalue weighted by Crippen LogP contribution is -2.11. The van der Waals surface area contributed by atoms with Crippen LogP contribution in [0.1, 0.15) is 21.0 Å². The molecule has 0 aliphatic carbocycles. The van der Waals surface area contributed by atoms with Crippen LogP contribution in [-0.2, 0) is 9.47 Å². The van der Waals surface area contributed by atoms with Crippen LogP contribution in [0.5, 0.6) is 0 Å². The van der Waals surface area contributed by atoms with Gasteiger partial charge in [-0.2, -0.15) is 0 Å². The topological polar surface area (TPSA) is 81.3 Å². The molecule has 0 saturated carbocycles. The number of ether oxygens (including phenoxy) is 2. The van der Waals surface area contributed by atoms with Crippen LogP contribution in [0.15, 0.2) is 6.33 Å². The van der Waals surface area contributed by atoms with Gasteiger partial charge < -0.3 is 14.5 Å². The van der Waals surface area contributed by atoms with E-state index in [4.69, 9.17) is 0 Å². The number of nitrogens with zero attached hydrogens (tertiary/aromatic N) is 1. The van der Waals surface area contributed by atoms with E-state index in [1.54, 1.807) is 0 Å². The number of carbonyl (C=O) groups is 2. The van der Waals surface area contributed by atoms with Crippen molar-refractivity contribution in [1.29, 1.82) is 0 Å². The molecule has 14 heavy (non-hydrogen) atoms. The Balaban J connectivity index is 0.00000169. The minimum atomic E-state index is -0.679. The van der Waals surface area contributed by atoms with Crippen molar-refractivity contribution >= 4 is 24.3 Å². The number of carbonyl (C=O) groups excluding carboxylic acids is 2. The Morgan fingerprint density at radius 2 is 1.86 bits per heavy atom. The Morgan fingerprint density at radius 3 is 2.36 bits per heavy atom. The first-order chi connectivity index (χ1) is 6.20. The number of hydrogen-bond acceptors (Lipinski definition) is 5. The van der Waals surface area contributed by atoms with Crippen molar-refractivity contribution in [3.8, 4) is 0 Å². The van der Waals surface area contributed by atoms with Gasteiger partial charge >= 0.3 is 11.9 Å². The van der Waals surface area contributed by atoms with E-state index >= 15 is 0 Å². The third kappa shape index (κ3) is 2.23. The highest BCUT2D eigenvalue weighted by Crippen LogP contribution is 2.05. The van der Waals surface area contributed by atoms with Crippen LogP contribution >= 0.6 is 12.4 Å². The molecule has 1 rings (SSSR count). The van der Waals surface area contributed by atoms with Crippen LogP contribution in [0, 0.1) is 0 Å². The van der Waals surface area contributed by atoms with Gasteiger partial charge in [0.25, 0.3) is 0 Å². The number of hydrogen-bond donors (Lipinski definition) is 1. The molecule has 1 aromatic heterocycles. The largest absolute Gasteiger partial charge is 0.464 e. The molecule has 0 atom stereocenters. The van der Waals surface area contributed by atoms with Gasteiger partial charge in [-0.1, -0.05) is 0 Å². The van der Waals surface area contributed by atoms with E-state index < -0.39 is 11.9 Å². The van der Waals surface area contributed by atoms with E-state index in [9.17, 15) is 9.59 Å². The third-order valence-electron chi connectivity index (χ3n) is 1.41. The highest BCUT2D eigenvalue weighted by molar-refractivity contribution is 6.00. The molecule has 0 bridgehead atoms. The SMILES string of the molecule is COC(=O)c1nc[nH]c1C(=O)OC.Cl. The monoisotopic (exact) mass is 220 g/mol. The fourth-order valence-corrected chi connectivity index (χ4v) is 0.803. The number of nitrogens with one attached hydrogen (secondary N) is 1. The number of halogens is 1. The Hall–Kier alpha value is -1.56. The zero-order valence-electron chi connectivity index (χ0n) is 7.57. The van der Waals surface area contributed by atoms with E-state index in [0.717, 1.165) is 0 Å². The van der Waals surface area contributed by atoms with Crippen molar-refractivity contribution in [3.63, 3.8) is 0 Å². The maximum absolute atomic E-state index is 11.0. The molecular formula is C7H9ClN2O4. The van der Waals surface area contributed by atoms with Crippen molar-refractivity contribution in [2.75, 3.05) is 14.2 Å². The summed E-state index contributed by atoms with van der Waals surface area (Å²) in [5.41, 5.74) is -0.0799. The number of rotatable bonds is 2. The standard InChI is InChI=1S/C7H8N2O4.ClH/c1-12-6(10)4-5(7(11)13-2)9-3-8-4;/h3H,1-2H3,(H,8,9);1H. The lowest BCUT2D eigenvalue weighted by Gasteiger charge is -1.98. The molecule has 0 aromatic carbocycles. The first-order valence-corrected chi connectivity index (χ1v) is 3.40. The zero-order valence-corrected chi connectivity index (χ0v) is 8.38. The van der Waals surface area contributed by atoms with Gasteiger partial charge in [0.2, 0.25) is 0 Å².